The molecule has 0 heterocycles. The van der Waals surface area contributed by atoms with E-state index in [-0.39, 0.29) is 0 Å². The molecule has 0 fully saturated rings. The van der Waals surface area contributed by atoms with Crippen molar-refractivity contribution in [2.75, 3.05) is 0 Å². The molecule has 0 aliphatic rings. The van der Waals surface area contributed by atoms with Gasteiger partial charge in [0, 0.05) is 0 Å². The number of amides is 1. The molecule has 0 unspecified atom stereocenters. The van der Waals surface area contributed by atoms with Crippen LogP contribution in [-0.4, -0.2) is 23.1 Å². The van der Waals surface area contributed by atoms with Crippen molar-refractivity contribution in [3.63, 3.8) is 0 Å². The number of benzene rings is 2. The molecule has 5 heteroatoms. The average Bonchev–Trinajstić information content (AvgIpc) is 2.45. The van der Waals surface area contributed by atoms with Gasteiger partial charge >= 0.3 is 6.09 Å². The molecule has 0 atom stereocenters. The number of fused-ring (bicyclic) bond motifs is 1. The molecule has 0 radical (unpaired) electrons. The number of nitrogens with one attached hydrogen (secondary N) is 1. The molecule has 0 bridgehead atoms. The van der Waals surface area contributed by atoms with E-state index in [0.29, 0.717) is 5.70 Å². The zero-order chi connectivity index (χ0) is 16.9. The summed E-state index contributed by atoms with van der Waals surface area (Å²) in [6.07, 6.45) is 2.25. The van der Waals surface area contributed by atoms with Crippen LogP contribution in [0.5, 0.6) is 0 Å². The van der Waals surface area contributed by atoms with Crippen molar-refractivity contribution in [2.45, 2.75) is 26.4 Å². The lowest BCUT2D eigenvalue weighted by molar-refractivity contribution is 0.0550. The molecule has 2 rings (SSSR count). The number of ether oxygens (including phenoxy) is 1. The first-order valence-electron chi connectivity index (χ1n) is 7.25. The molecule has 0 aromatic heterocycles. The van der Waals surface area contributed by atoms with Crippen molar-refractivity contribution < 1.29 is 14.7 Å². The highest BCUT2D eigenvalue weighted by atomic mass is 16.6. The van der Waals surface area contributed by atoms with Gasteiger partial charge in [-0.25, -0.2) is 4.79 Å². The molecule has 120 valence electrons. The summed E-state index contributed by atoms with van der Waals surface area (Å²) < 4.78 is 5.19. The van der Waals surface area contributed by atoms with Crippen molar-refractivity contribution in [3.05, 3.63) is 53.7 Å². The van der Waals surface area contributed by atoms with Crippen molar-refractivity contribution in [1.82, 2.24) is 5.32 Å². The summed E-state index contributed by atoms with van der Waals surface area (Å²) in [6, 6.07) is 13.9. The van der Waals surface area contributed by atoms with E-state index in [2.05, 4.69) is 10.5 Å². The molecule has 0 saturated heterocycles. The Morgan fingerprint density at radius 1 is 1.17 bits per heavy atom. The molecule has 0 aliphatic heterocycles. The van der Waals surface area contributed by atoms with Crippen molar-refractivity contribution in [2.24, 2.45) is 5.16 Å². The Labute approximate surface area is 135 Å². The van der Waals surface area contributed by atoms with Crippen LogP contribution in [-0.2, 0) is 4.74 Å². The monoisotopic (exact) mass is 312 g/mol. The Morgan fingerprint density at radius 2 is 1.87 bits per heavy atom. The molecular formula is C18H20N2O3. The highest BCUT2D eigenvalue weighted by molar-refractivity contribution is 5.91. The number of allylic oxidation sites excluding steroid dienone is 1. The van der Waals surface area contributed by atoms with Crippen LogP contribution >= 0.6 is 0 Å². The lowest BCUT2D eigenvalue weighted by Gasteiger charge is -2.19. The third-order valence-electron chi connectivity index (χ3n) is 2.94. The number of hydrogen-bond acceptors (Lipinski definition) is 4. The minimum Gasteiger partial charge on any atom is -0.444 e. The first-order valence-corrected chi connectivity index (χ1v) is 7.25. The molecule has 5 nitrogen and oxygen atoms in total. The maximum absolute atomic E-state index is 11.8. The molecule has 0 saturated carbocycles. The Kier molecular flexibility index (Phi) is 5.01. The quantitative estimate of drug-likeness (QED) is 0.508. The first kappa shape index (κ1) is 16.5. The standard InChI is InChI=1S/C18H20N2O3/c1-18(2,3)23-17(21)20-16(12-19-22)11-13-8-9-14-6-4-5-7-15(14)10-13/h4-12,22H,1-3H3,(H,20,21)/b16-11-,19-12+. The predicted molar refractivity (Wildman–Crippen MR) is 91.6 cm³/mol. The largest absolute Gasteiger partial charge is 0.444 e. The second-order valence-corrected chi connectivity index (χ2v) is 6.08. The number of nitrogens with zero attached hydrogens (tertiary/aromatic N) is 1. The maximum Gasteiger partial charge on any atom is 0.412 e. The minimum atomic E-state index is -0.607. The van der Waals surface area contributed by atoms with Crippen molar-refractivity contribution >= 4 is 29.2 Å². The van der Waals surface area contributed by atoms with E-state index in [1.165, 1.54) is 0 Å². The van der Waals surface area contributed by atoms with E-state index in [1.807, 2.05) is 42.5 Å². The van der Waals surface area contributed by atoms with Gasteiger partial charge in [0.15, 0.2) is 0 Å². The summed E-state index contributed by atoms with van der Waals surface area (Å²) in [6.45, 7) is 5.33. The second-order valence-electron chi connectivity index (χ2n) is 6.08. The molecule has 2 aromatic carbocycles. The van der Waals surface area contributed by atoms with Crippen LogP contribution < -0.4 is 5.32 Å². The van der Waals surface area contributed by atoms with Gasteiger partial charge in [0.25, 0.3) is 0 Å². The van der Waals surface area contributed by atoms with Gasteiger partial charge < -0.3 is 9.94 Å². The van der Waals surface area contributed by atoms with Crippen LogP contribution in [0, 0.1) is 0 Å². The lowest BCUT2D eigenvalue weighted by atomic mass is 10.1. The molecule has 0 spiro atoms. The van der Waals surface area contributed by atoms with Gasteiger partial charge in [0.2, 0.25) is 0 Å². The maximum atomic E-state index is 11.8. The fourth-order valence-electron chi connectivity index (χ4n) is 2.07. The Morgan fingerprint density at radius 3 is 2.52 bits per heavy atom. The third kappa shape index (κ3) is 5.14. The SMILES string of the molecule is CC(C)(C)OC(=O)NC(=C\c1ccc2ccccc2c1)/C=N/O. The van der Waals surface area contributed by atoms with Crippen molar-refractivity contribution in [1.29, 1.82) is 0 Å². The van der Waals surface area contributed by atoms with Gasteiger partial charge in [-0.05, 0) is 49.2 Å². The van der Waals surface area contributed by atoms with Gasteiger partial charge in [0.05, 0.1) is 11.9 Å². The summed E-state index contributed by atoms with van der Waals surface area (Å²) in [5.74, 6) is 0. The van der Waals surface area contributed by atoms with Gasteiger partial charge in [-0.2, -0.15) is 0 Å². The summed E-state index contributed by atoms with van der Waals surface area (Å²) >= 11 is 0. The number of carbonyl (C=O) groups excluding carboxylic acids is 1. The van der Waals surface area contributed by atoms with Crippen LogP contribution in [0.1, 0.15) is 26.3 Å². The van der Waals surface area contributed by atoms with E-state index in [1.54, 1.807) is 26.8 Å². The number of alkyl carbamates (subject to hydrolysis) is 1. The molecule has 23 heavy (non-hydrogen) atoms. The topological polar surface area (TPSA) is 70.9 Å². The number of hydrogen-bond donors (Lipinski definition) is 2. The summed E-state index contributed by atoms with van der Waals surface area (Å²) in [5.41, 5.74) is 0.598. The molecule has 2 N–H and O–H groups in total. The fraction of sp³-hybridized carbons (Fsp3) is 0.222. The average molecular weight is 312 g/mol. The predicted octanol–water partition coefficient (Wildman–Crippen LogP) is 4.17. The van der Waals surface area contributed by atoms with Crippen LogP contribution in [0.15, 0.2) is 53.3 Å². The number of oxime groups is 1. The summed E-state index contributed by atoms with van der Waals surface area (Å²) in [4.78, 5) is 11.8. The summed E-state index contributed by atoms with van der Waals surface area (Å²) in [7, 11) is 0. The van der Waals surface area contributed by atoms with Gasteiger partial charge in [-0.1, -0.05) is 41.6 Å². The first-order chi connectivity index (χ1) is 10.9. The molecule has 0 aliphatic carbocycles. The lowest BCUT2D eigenvalue weighted by Crippen LogP contribution is -2.32. The highest BCUT2D eigenvalue weighted by Crippen LogP contribution is 2.17. The zero-order valence-corrected chi connectivity index (χ0v) is 13.4. The molecule has 1 amide bonds. The normalized spacial score (nSPS) is 12.6. The number of carbonyl (C=O) groups is 1. The van der Waals surface area contributed by atoms with E-state index >= 15 is 0 Å². The van der Waals surface area contributed by atoms with E-state index in [0.717, 1.165) is 22.6 Å². The zero-order valence-electron chi connectivity index (χ0n) is 13.4. The Balaban J connectivity index is 2.24. The second kappa shape index (κ2) is 6.96. The van der Waals surface area contributed by atoms with Crippen LogP contribution in [0.4, 0.5) is 4.79 Å². The third-order valence-corrected chi connectivity index (χ3v) is 2.94. The molecule has 2 aromatic rings. The van der Waals surface area contributed by atoms with E-state index in [4.69, 9.17) is 9.94 Å². The van der Waals surface area contributed by atoms with Crippen molar-refractivity contribution in [3.8, 4) is 0 Å². The fourth-order valence-corrected chi connectivity index (χ4v) is 2.07. The van der Waals surface area contributed by atoms with Gasteiger partial charge in [0.1, 0.15) is 5.60 Å². The summed E-state index contributed by atoms with van der Waals surface area (Å²) in [5, 5.41) is 16.5. The van der Waals surface area contributed by atoms with Gasteiger partial charge in [-0.3, -0.25) is 5.32 Å². The van der Waals surface area contributed by atoms with E-state index < -0.39 is 11.7 Å². The smallest absolute Gasteiger partial charge is 0.412 e. The Bertz CT molecular complexity index is 758. The Hall–Kier alpha value is -2.82. The van der Waals surface area contributed by atoms with Crippen LogP contribution in [0.2, 0.25) is 0 Å². The van der Waals surface area contributed by atoms with E-state index in [9.17, 15) is 4.79 Å². The number of rotatable bonds is 3. The van der Waals surface area contributed by atoms with Crippen LogP contribution in [0.3, 0.4) is 0 Å². The van der Waals surface area contributed by atoms with Crippen LogP contribution in [0.25, 0.3) is 16.8 Å². The highest BCUT2D eigenvalue weighted by Gasteiger charge is 2.16. The molecular weight excluding hydrogens is 292 g/mol. The minimum absolute atomic E-state index is 0.331. The van der Waals surface area contributed by atoms with Gasteiger partial charge in [-0.15, -0.1) is 0 Å².